The molecule has 132 valence electrons. The average Bonchev–Trinajstić information content (AvgIpc) is 2.64. The Balaban J connectivity index is 1.53. The fraction of sp³-hybridized carbons (Fsp3) is 0.350. The lowest BCUT2D eigenvalue weighted by Crippen LogP contribution is -2.44. The average molecular weight is 338 g/mol. The van der Waals surface area contributed by atoms with E-state index in [-0.39, 0.29) is 12.1 Å². The third kappa shape index (κ3) is 4.73. The van der Waals surface area contributed by atoms with Crippen LogP contribution in [0.4, 0.5) is 16.2 Å². The molecular weight excluding hydrogens is 312 g/mol. The lowest BCUT2D eigenvalue weighted by Gasteiger charge is -2.34. The summed E-state index contributed by atoms with van der Waals surface area (Å²) in [5.41, 5.74) is 3.09. The predicted molar refractivity (Wildman–Crippen MR) is 103 cm³/mol. The Kier molecular flexibility index (Phi) is 5.56. The Morgan fingerprint density at radius 3 is 2.24 bits per heavy atom. The van der Waals surface area contributed by atoms with Gasteiger partial charge in [-0.1, -0.05) is 30.3 Å². The van der Waals surface area contributed by atoms with Gasteiger partial charge in [-0.2, -0.15) is 0 Å². The molecule has 5 heteroatoms. The fourth-order valence-electron chi connectivity index (χ4n) is 3.01. The molecule has 0 bridgehead atoms. The first-order valence-corrected chi connectivity index (χ1v) is 8.78. The highest BCUT2D eigenvalue weighted by atomic mass is 16.2. The van der Waals surface area contributed by atoms with Crippen LogP contribution in [0.1, 0.15) is 18.5 Å². The van der Waals surface area contributed by atoms with Crippen LogP contribution in [0, 0.1) is 0 Å². The zero-order chi connectivity index (χ0) is 17.6. The fourth-order valence-corrected chi connectivity index (χ4v) is 3.01. The second-order valence-corrected chi connectivity index (χ2v) is 6.57. The topological polar surface area (TPSA) is 47.6 Å². The van der Waals surface area contributed by atoms with Crippen molar-refractivity contribution in [1.82, 2.24) is 10.2 Å². The molecule has 1 atom stereocenters. The van der Waals surface area contributed by atoms with Gasteiger partial charge in [-0.15, -0.1) is 0 Å². The number of benzene rings is 2. The maximum absolute atomic E-state index is 12.2. The third-order valence-corrected chi connectivity index (χ3v) is 4.64. The van der Waals surface area contributed by atoms with Crippen LogP contribution in [0.2, 0.25) is 0 Å². The first-order valence-electron chi connectivity index (χ1n) is 8.78. The second kappa shape index (κ2) is 8.03. The monoisotopic (exact) mass is 338 g/mol. The number of rotatable bonds is 4. The van der Waals surface area contributed by atoms with Gasteiger partial charge in [0.1, 0.15) is 0 Å². The van der Waals surface area contributed by atoms with Crippen LogP contribution in [-0.2, 0) is 0 Å². The number of nitrogens with zero attached hydrogens (tertiary/aromatic N) is 2. The highest BCUT2D eigenvalue weighted by Crippen LogP contribution is 2.19. The summed E-state index contributed by atoms with van der Waals surface area (Å²) in [4.78, 5) is 16.9. The third-order valence-electron chi connectivity index (χ3n) is 4.64. The molecule has 0 spiro atoms. The smallest absolute Gasteiger partial charge is 0.319 e. The summed E-state index contributed by atoms with van der Waals surface area (Å²) >= 11 is 0. The van der Waals surface area contributed by atoms with Gasteiger partial charge < -0.3 is 20.4 Å². The second-order valence-electron chi connectivity index (χ2n) is 6.57. The zero-order valence-electron chi connectivity index (χ0n) is 14.9. The van der Waals surface area contributed by atoms with Crippen molar-refractivity contribution < 1.29 is 4.79 Å². The molecule has 1 aliphatic rings. The molecule has 3 rings (SSSR count). The van der Waals surface area contributed by atoms with E-state index in [4.69, 9.17) is 0 Å². The molecule has 1 saturated heterocycles. The number of likely N-dealkylation sites (N-methyl/N-ethyl adjacent to an activating group) is 1. The number of carbonyl (C=O) groups excluding carboxylic acids is 1. The summed E-state index contributed by atoms with van der Waals surface area (Å²) in [6.45, 7) is 6.22. The van der Waals surface area contributed by atoms with E-state index < -0.39 is 0 Å². The maximum Gasteiger partial charge on any atom is 0.319 e. The minimum absolute atomic E-state index is 0.0363. The van der Waals surface area contributed by atoms with E-state index in [1.807, 2.05) is 49.4 Å². The van der Waals surface area contributed by atoms with E-state index in [0.29, 0.717) is 0 Å². The highest BCUT2D eigenvalue weighted by Gasteiger charge is 2.14. The predicted octanol–water partition coefficient (Wildman–Crippen LogP) is 3.32. The number of piperazine rings is 1. The van der Waals surface area contributed by atoms with Gasteiger partial charge >= 0.3 is 6.03 Å². The molecule has 2 aromatic rings. The molecule has 1 fully saturated rings. The normalized spacial score (nSPS) is 16.3. The van der Waals surface area contributed by atoms with Crippen LogP contribution >= 0.6 is 0 Å². The first kappa shape index (κ1) is 17.3. The SMILES string of the molecule is CC(NC(=O)Nc1ccc(N2CCN(C)CC2)cc1)c1ccccc1. The van der Waals surface area contributed by atoms with Gasteiger partial charge in [0.15, 0.2) is 0 Å². The number of carbonyl (C=O) groups is 1. The van der Waals surface area contributed by atoms with Gasteiger partial charge in [-0.25, -0.2) is 4.79 Å². The molecule has 2 N–H and O–H groups in total. The number of amides is 2. The molecule has 25 heavy (non-hydrogen) atoms. The molecule has 1 unspecified atom stereocenters. The van der Waals surface area contributed by atoms with Crippen molar-refractivity contribution in [3.63, 3.8) is 0 Å². The highest BCUT2D eigenvalue weighted by molar-refractivity contribution is 5.89. The van der Waals surface area contributed by atoms with Crippen LogP contribution in [0.5, 0.6) is 0 Å². The largest absolute Gasteiger partial charge is 0.369 e. The van der Waals surface area contributed by atoms with Crippen molar-refractivity contribution in [3.8, 4) is 0 Å². The molecule has 0 aliphatic carbocycles. The lowest BCUT2D eigenvalue weighted by atomic mass is 10.1. The van der Waals surface area contributed by atoms with Crippen molar-refractivity contribution in [2.24, 2.45) is 0 Å². The summed E-state index contributed by atoms with van der Waals surface area (Å²) < 4.78 is 0. The number of nitrogens with one attached hydrogen (secondary N) is 2. The quantitative estimate of drug-likeness (QED) is 0.899. The summed E-state index contributed by atoms with van der Waals surface area (Å²) in [6.07, 6.45) is 0. The lowest BCUT2D eigenvalue weighted by molar-refractivity contribution is 0.249. The standard InChI is InChI=1S/C20H26N4O/c1-16(17-6-4-3-5-7-17)21-20(25)22-18-8-10-19(11-9-18)24-14-12-23(2)13-15-24/h3-11,16H,12-15H2,1-2H3,(H2,21,22,25). The van der Waals surface area contributed by atoms with E-state index >= 15 is 0 Å². The van der Waals surface area contributed by atoms with Crippen LogP contribution < -0.4 is 15.5 Å². The van der Waals surface area contributed by atoms with Crippen molar-refractivity contribution in [3.05, 3.63) is 60.2 Å². The van der Waals surface area contributed by atoms with Crippen LogP contribution in [0.25, 0.3) is 0 Å². The molecule has 1 aliphatic heterocycles. The molecule has 1 heterocycles. The van der Waals surface area contributed by atoms with Gasteiger partial charge in [0, 0.05) is 37.6 Å². The van der Waals surface area contributed by atoms with Crippen LogP contribution in [0.15, 0.2) is 54.6 Å². The number of hydrogen-bond acceptors (Lipinski definition) is 3. The molecule has 2 aromatic carbocycles. The summed E-state index contributed by atoms with van der Waals surface area (Å²) in [5, 5.41) is 5.86. The molecule has 0 saturated carbocycles. The summed E-state index contributed by atoms with van der Waals surface area (Å²) in [7, 11) is 2.15. The number of hydrogen-bond donors (Lipinski definition) is 2. The minimum atomic E-state index is -0.191. The van der Waals surface area contributed by atoms with Crippen molar-refractivity contribution in [1.29, 1.82) is 0 Å². The minimum Gasteiger partial charge on any atom is -0.369 e. The van der Waals surface area contributed by atoms with Crippen molar-refractivity contribution in [2.75, 3.05) is 43.4 Å². The molecule has 5 nitrogen and oxygen atoms in total. The molecule has 0 aromatic heterocycles. The molecular formula is C20H26N4O. The number of urea groups is 1. The van der Waals surface area contributed by atoms with E-state index in [2.05, 4.69) is 39.6 Å². The van der Waals surface area contributed by atoms with Crippen LogP contribution in [0.3, 0.4) is 0 Å². The van der Waals surface area contributed by atoms with Crippen LogP contribution in [-0.4, -0.2) is 44.2 Å². The molecule has 0 radical (unpaired) electrons. The Morgan fingerprint density at radius 1 is 0.960 bits per heavy atom. The van der Waals surface area contributed by atoms with Gasteiger partial charge in [-0.3, -0.25) is 0 Å². The van der Waals surface area contributed by atoms with Gasteiger partial charge in [0.2, 0.25) is 0 Å². The van der Waals surface area contributed by atoms with Gasteiger partial charge in [-0.05, 0) is 43.8 Å². The zero-order valence-corrected chi connectivity index (χ0v) is 14.9. The van der Waals surface area contributed by atoms with E-state index in [9.17, 15) is 4.79 Å². The number of anilines is 2. The van der Waals surface area contributed by atoms with E-state index in [0.717, 1.165) is 37.4 Å². The van der Waals surface area contributed by atoms with E-state index in [1.165, 1.54) is 5.69 Å². The molecule has 2 amide bonds. The summed E-state index contributed by atoms with van der Waals surface area (Å²) in [5.74, 6) is 0. The van der Waals surface area contributed by atoms with Crippen molar-refractivity contribution in [2.45, 2.75) is 13.0 Å². The Morgan fingerprint density at radius 2 is 1.60 bits per heavy atom. The Bertz CT molecular complexity index is 679. The maximum atomic E-state index is 12.2. The van der Waals surface area contributed by atoms with E-state index in [1.54, 1.807) is 0 Å². The summed E-state index contributed by atoms with van der Waals surface area (Å²) in [6, 6.07) is 17.8. The Hall–Kier alpha value is -2.53. The van der Waals surface area contributed by atoms with Crippen molar-refractivity contribution >= 4 is 17.4 Å². The van der Waals surface area contributed by atoms with Gasteiger partial charge in [0.25, 0.3) is 0 Å². The van der Waals surface area contributed by atoms with Gasteiger partial charge in [0.05, 0.1) is 6.04 Å². The first-order chi connectivity index (χ1) is 12.1. The Labute approximate surface area is 149 Å².